The first kappa shape index (κ1) is 10.7. The van der Waals surface area contributed by atoms with E-state index in [1.807, 2.05) is 0 Å². The summed E-state index contributed by atoms with van der Waals surface area (Å²) in [6, 6.07) is 0.611. The molecule has 15 heavy (non-hydrogen) atoms. The Balaban J connectivity index is 1.73. The fourth-order valence-electron chi connectivity index (χ4n) is 2.28. The van der Waals surface area contributed by atoms with Gasteiger partial charge in [0, 0.05) is 19.1 Å². The molecule has 0 aromatic carbocycles. The number of hydrogen-bond acceptors (Lipinski definition) is 4. The van der Waals surface area contributed by atoms with Gasteiger partial charge in [-0.15, -0.1) is 0 Å². The summed E-state index contributed by atoms with van der Waals surface area (Å²) in [4.78, 5) is 13.3. The predicted octanol–water partition coefficient (Wildman–Crippen LogP) is 0.206. The maximum absolute atomic E-state index is 10.9. The van der Waals surface area contributed by atoms with E-state index in [1.165, 1.54) is 26.5 Å². The van der Waals surface area contributed by atoms with E-state index < -0.39 is 0 Å². The van der Waals surface area contributed by atoms with Crippen LogP contribution in [0.3, 0.4) is 0 Å². The Bertz CT molecular complexity index is 235. The lowest BCUT2D eigenvalue weighted by Gasteiger charge is -2.35. The van der Waals surface area contributed by atoms with Crippen molar-refractivity contribution < 1.29 is 14.3 Å². The highest BCUT2D eigenvalue weighted by atomic mass is 16.5. The van der Waals surface area contributed by atoms with Crippen LogP contribution >= 0.6 is 0 Å². The number of rotatable bonds is 2. The van der Waals surface area contributed by atoms with Crippen molar-refractivity contribution >= 4 is 6.09 Å². The fourth-order valence-corrected chi connectivity index (χ4v) is 2.28. The number of ether oxygens (including phenoxy) is 2. The number of carbonyl (C=O) groups excluding carboxylic acids is 1. The molecule has 2 aliphatic rings. The summed E-state index contributed by atoms with van der Waals surface area (Å²) in [7, 11) is 1.37. The molecule has 0 aromatic heterocycles. The number of methoxy groups -OCH3 is 1. The first-order chi connectivity index (χ1) is 7.29. The van der Waals surface area contributed by atoms with Gasteiger partial charge in [0.15, 0.2) is 0 Å². The van der Waals surface area contributed by atoms with Crippen molar-refractivity contribution in [1.82, 2.24) is 10.2 Å². The lowest BCUT2D eigenvalue weighted by atomic mass is 10.2. The predicted molar refractivity (Wildman–Crippen MR) is 54.7 cm³/mol. The Labute approximate surface area is 89.7 Å². The van der Waals surface area contributed by atoms with Gasteiger partial charge < -0.3 is 14.8 Å². The topological polar surface area (TPSA) is 50.8 Å². The van der Waals surface area contributed by atoms with Crippen LogP contribution in [0.4, 0.5) is 4.79 Å². The second-order valence-corrected chi connectivity index (χ2v) is 4.12. The van der Waals surface area contributed by atoms with Crippen LogP contribution in [-0.2, 0) is 9.47 Å². The van der Waals surface area contributed by atoms with Gasteiger partial charge >= 0.3 is 6.09 Å². The molecule has 2 rings (SSSR count). The molecule has 2 heterocycles. The summed E-state index contributed by atoms with van der Waals surface area (Å²) in [5, 5.41) is 2.67. The largest absolute Gasteiger partial charge is 0.453 e. The molecule has 2 unspecified atom stereocenters. The van der Waals surface area contributed by atoms with Crippen LogP contribution < -0.4 is 5.32 Å². The first-order valence-electron chi connectivity index (χ1n) is 5.47. The molecule has 1 N–H and O–H groups in total. The molecule has 0 saturated carbocycles. The Kier molecular flexibility index (Phi) is 3.43. The molecule has 5 nitrogen and oxygen atoms in total. The molecule has 86 valence electrons. The highest BCUT2D eigenvalue weighted by Crippen LogP contribution is 2.22. The quantitative estimate of drug-likeness (QED) is 0.713. The Morgan fingerprint density at radius 3 is 3.33 bits per heavy atom. The highest BCUT2D eigenvalue weighted by molar-refractivity contribution is 5.66. The Hall–Kier alpha value is -0.810. The molecule has 5 heteroatoms. The van der Waals surface area contributed by atoms with E-state index in [1.54, 1.807) is 0 Å². The van der Waals surface area contributed by atoms with Crippen molar-refractivity contribution in [3.63, 3.8) is 0 Å². The van der Waals surface area contributed by atoms with Crippen molar-refractivity contribution in [3.05, 3.63) is 0 Å². The molecule has 2 fully saturated rings. The van der Waals surface area contributed by atoms with Crippen LogP contribution in [-0.4, -0.2) is 56.5 Å². The van der Waals surface area contributed by atoms with Crippen LogP contribution in [0, 0.1) is 0 Å². The number of nitrogens with zero attached hydrogens (tertiary/aromatic N) is 1. The van der Waals surface area contributed by atoms with E-state index >= 15 is 0 Å². The minimum Gasteiger partial charge on any atom is -0.453 e. The van der Waals surface area contributed by atoms with E-state index in [0.29, 0.717) is 12.6 Å². The third-order valence-electron chi connectivity index (χ3n) is 3.12. The maximum atomic E-state index is 10.9. The average molecular weight is 214 g/mol. The summed E-state index contributed by atoms with van der Waals surface area (Å²) in [5.41, 5.74) is 0. The molecular formula is C10H18N2O3. The van der Waals surface area contributed by atoms with E-state index in [2.05, 4.69) is 15.0 Å². The van der Waals surface area contributed by atoms with Crippen LogP contribution in [0.2, 0.25) is 0 Å². The number of fused-ring (bicyclic) bond motifs is 1. The lowest BCUT2D eigenvalue weighted by Crippen LogP contribution is -2.50. The van der Waals surface area contributed by atoms with Gasteiger partial charge in [-0.1, -0.05) is 0 Å². The standard InChI is InChI=1S/C10H18N2O3/c1-14-10(13)11-5-9-6-12-4-2-3-8(12)7-15-9/h8-9H,2-7H2,1H3,(H,11,13). The Morgan fingerprint density at radius 2 is 2.53 bits per heavy atom. The molecule has 0 spiro atoms. The van der Waals surface area contributed by atoms with Gasteiger partial charge in [-0.3, -0.25) is 4.90 Å². The van der Waals surface area contributed by atoms with E-state index in [9.17, 15) is 4.79 Å². The monoisotopic (exact) mass is 214 g/mol. The van der Waals surface area contributed by atoms with Gasteiger partial charge in [0.25, 0.3) is 0 Å². The lowest BCUT2D eigenvalue weighted by molar-refractivity contribution is -0.0464. The van der Waals surface area contributed by atoms with Gasteiger partial charge in [0.1, 0.15) is 0 Å². The molecule has 2 aliphatic heterocycles. The van der Waals surface area contributed by atoms with Crippen molar-refractivity contribution in [2.24, 2.45) is 0 Å². The highest BCUT2D eigenvalue weighted by Gasteiger charge is 2.32. The van der Waals surface area contributed by atoms with E-state index in [0.717, 1.165) is 13.2 Å². The van der Waals surface area contributed by atoms with Crippen LogP contribution in [0.1, 0.15) is 12.8 Å². The zero-order chi connectivity index (χ0) is 10.7. The normalized spacial score (nSPS) is 31.0. The van der Waals surface area contributed by atoms with E-state index in [4.69, 9.17) is 4.74 Å². The second kappa shape index (κ2) is 4.81. The molecule has 0 aromatic rings. The van der Waals surface area contributed by atoms with Crippen molar-refractivity contribution in [2.75, 3.05) is 33.4 Å². The molecule has 2 saturated heterocycles. The zero-order valence-electron chi connectivity index (χ0n) is 9.07. The van der Waals surface area contributed by atoms with E-state index in [-0.39, 0.29) is 12.2 Å². The third kappa shape index (κ3) is 2.60. The number of morpholine rings is 1. The molecule has 0 aliphatic carbocycles. The molecular weight excluding hydrogens is 196 g/mol. The number of nitrogens with one attached hydrogen (secondary N) is 1. The van der Waals surface area contributed by atoms with Crippen LogP contribution in [0.15, 0.2) is 0 Å². The van der Waals surface area contributed by atoms with Gasteiger partial charge in [-0.2, -0.15) is 0 Å². The summed E-state index contributed by atoms with van der Waals surface area (Å²) >= 11 is 0. The summed E-state index contributed by atoms with van der Waals surface area (Å²) < 4.78 is 10.2. The van der Waals surface area contributed by atoms with Crippen molar-refractivity contribution in [1.29, 1.82) is 0 Å². The molecule has 2 atom stereocenters. The number of amides is 1. The minimum absolute atomic E-state index is 0.110. The van der Waals surface area contributed by atoms with Gasteiger partial charge in [0.05, 0.1) is 19.8 Å². The average Bonchev–Trinajstić information content (AvgIpc) is 2.72. The third-order valence-corrected chi connectivity index (χ3v) is 3.12. The minimum atomic E-state index is -0.387. The Morgan fingerprint density at radius 1 is 1.67 bits per heavy atom. The van der Waals surface area contributed by atoms with Gasteiger partial charge in [-0.05, 0) is 19.4 Å². The number of hydrogen-bond donors (Lipinski definition) is 1. The van der Waals surface area contributed by atoms with Crippen molar-refractivity contribution in [2.45, 2.75) is 25.0 Å². The molecule has 1 amide bonds. The smallest absolute Gasteiger partial charge is 0.406 e. The summed E-state index contributed by atoms with van der Waals surface area (Å²) in [6.07, 6.45) is 2.24. The number of alkyl carbamates (subject to hydrolysis) is 1. The van der Waals surface area contributed by atoms with Gasteiger partial charge in [0.2, 0.25) is 0 Å². The summed E-state index contributed by atoms with van der Waals surface area (Å²) in [6.45, 7) is 3.43. The van der Waals surface area contributed by atoms with Crippen molar-refractivity contribution in [3.8, 4) is 0 Å². The SMILES string of the molecule is COC(=O)NCC1CN2CCCC2CO1. The second-order valence-electron chi connectivity index (χ2n) is 4.12. The zero-order valence-corrected chi connectivity index (χ0v) is 9.07. The summed E-state index contributed by atoms with van der Waals surface area (Å²) in [5.74, 6) is 0. The van der Waals surface area contributed by atoms with Crippen LogP contribution in [0.25, 0.3) is 0 Å². The molecule has 0 bridgehead atoms. The fraction of sp³-hybridized carbons (Fsp3) is 0.900. The van der Waals surface area contributed by atoms with Gasteiger partial charge in [-0.25, -0.2) is 4.79 Å². The molecule has 0 radical (unpaired) electrons. The number of carbonyl (C=O) groups is 1. The first-order valence-corrected chi connectivity index (χ1v) is 5.47. The van der Waals surface area contributed by atoms with Crippen LogP contribution in [0.5, 0.6) is 0 Å². The maximum Gasteiger partial charge on any atom is 0.406 e.